The van der Waals surface area contributed by atoms with Gasteiger partial charge in [0.1, 0.15) is 5.76 Å². The molecular formula is C17H20N2O3. The van der Waals surface area contributed by atoms with Crippen LogP contribution >= 0.6 is 0 Å². The van der Waals surface area contributed by atoms with Crippen LogP contribution in [0.2, 0.25) is 0 Å². The average molecular weight is 300 g/mol. The van der Waals surface area contributed by atoms with Gasteiger partial charge < -0.3 is 15.1 Å². The lowest BCUT2D eigenvalue weighted by Gasteiger charge is -2.11. The SMILES string of the molecule is CC(CC(=O)NCc1ccco1)CC(=O)Nc1ccccc1. The highest BCUT2D eigenvalue weighted by Gasteiger charge is 2.13. The first-order chi connectivity index (χ1) is 10.6. The number of anilines is 1. The van der Waals surface area contributed by atoms with Crippen molar-refractivity contribution in [2.24, 2.45) is 5.92 Å². The standard InChI is InChI=1S/C17H20N2O3/c1-13(10-16(20)18-12-15-8-5-9-22-15)11-17(21)19-14-6-3-2-4-7-14/h2-9,13H,10-12H2,1H3,(H,18,20)(H,19,21). The maximum absolute atomic E-state index is 11.9. The summed E-state index contributed by atoms with van der Waals surface area (Å²) in [5.41, 5.74) is 0.766. The Morgan fingerprint density at radius 2 is 1.77 bits per heavy atom. The third-order valence-electron chi connectivity index (χ3n) is 3.17. The minimum absolute atomic E-state index is 0.0275. The van der Waals surface area contributed by atoms with Crippen molar-refractivity contribution in [3.05, 3.63) is 54.5 Å². The Hall–Kier alpha value is -2.56. The second kappa shape index (κ2) is 8.02. The third kappa shape index (κ3) is 5.44. The molecule has 2 aromatic rings. The summed E-state index contributed by atoms with van der Waals surface area (Å²) in [4.78, 5) is 23.7. The summed E-state index contributed by atoms with van der Waals surface area (Å²) >= 11 is 0. The van der Waals surface area contributed by atoms with Gasteiger partial charge in [0.05, 0.1) is 12.8 Å². The zero-order valence-electron chi connectivity index (χ0n) is 12.5. The van der Waals surface area contributed by atoms with E-state index in [0.29, 0.717) is 25.1 Å². The Balaban J connectivity index is 1.69. The summed E-state index contributed by atoms with van der Waals surface area (Å²) in [6, 6.07) is 12.9. The van der Waals surface area contributed by atoms with E-state index < -0.39 is 0 Å². The summed E-state index contributed by atoms with van der Waals surface area (Å²) in [5, 5.41) is 5.59. The Kier molecular flexibility index (Phi) is 5.77. The Morgan fingerprint density at radius 3 is 2.45 bits per heavy atom. The van der Waals surface area contributed by atoms with E-state index in [0.717, 1.165) is 5.69 Å². The molecule has 0 aliphatic heterocycles. The number of hydrogen-bond donors (Lipinski definition) is 2. The van der Waals surface area contributed by atoms with E-state index in [1.165, 1.54) is 0 Å². The number of nitrogens with one attached hydrogen (secondary N) is 2. The van der Waals surface area contributed by atoms with Gasteiger partial charge in [0.25, 0.3) is 0 Å². The van der Waals surface area contributed by atoms with Gasteiger partial charge in [-0.25, -0.2) is 0 Å². The molecule has 0 spiro atoms. The van der Waals surface area contributed by atoms with Crippen molar-refractivity contribution in [2.75, 3.05) is 5.32 Å². The highest BCUT2D eigenvalue weighted by Crippen LogP contribution is 2.11. The van der Waals surface area contributed by atoms with E-state index in [4.69, 9.17) is 4.42 Å². The Morgan fingerprint density at radius 1 is 1.05 bits per heavy atom. The van der Waals surface area contributed by atoms with E-state index in [-0.39, 0.29) is 17.7 Å². The maximum atomic E-state index is 11.9. The topological polar surface area (TPSA) is 71.3 Å². The minimum Gasteiger partial charge on any atom is -0.467 e. The fourth-order valence-corrected chi connectivity index (χ4v) is 2.11. The average Bonchev–Trinajstić information content (AvgIpc) is 2.99. The van der Waals surface area contributed by atoms with Crippen molar-refractivity contribution in [1.82, 2.24) is 5.32 Å². The van der Waals surface area contributed by atoms with Gasteiger partial charge in [-0.05, 0) is 30.2 Å². The summed E-state index contributed by atoms with van der Waals surface area (Å²) in [6.07, 6.45) is 2.18. The van der Waals surface area contributed by atoms with E-state index in [1.807, 2.05) is 37.3 Å². The number of carbonyl (C=O) groups is 2. The zero-order chi connectivity index (χ0) is 15.8. The molecule has 0 aliphatic carbocycles. The second-order valence-corrected chi connectivity index (χ2v) is 5.28. The molecule has 0 radical (unpaired) electrons. The molecule has 0 aliphatic rings. The van der Waals surface area contributed by atoms with Crippen LogP contribution in [0.25, 0.3) is 0 Å². The number of carbonyl (C=O) groups excluding carboxylic acids is 2. The molecule has 1 aromatic carbocycles. The molecule has 2 N–H and O–H groups in total. The van der Waals surface area contributed by atoms with Crippen LogP contribution in [0.1, 0.15) is 25.5 Å². The summed E-state index contributed by atoms with van der Waals surface area (Å²) in [6.45, 7) is 2.26. The van der Waals surface area contributed by atoms with Gasteiger partial charge >= 0.3 is 0 Å². The van der Waals surface area contributed by atoms with Crippen LogP contribution in [0.4, 0.5) is 5.69 Å². The molecule has 1 unspecified atom stereocenters. The molecule has 22 heavy (non-hydrogen) atoms. The van der Waals surface area contributed by atoms with E-state index >= 15 is 0 Å². The number of furan rings is 1. The molecule has 0 bridgehead atoms. The van der Waals surface area contributed by atoms with E-state index in [9.17, 15) is 9.59 Å². The molecule has 0 saturated carbocycles. The molecule has 2 rings (SSSR count). The first-order valence-corrected chi connectivity index (χ1v) is 7.27. The van der Waals surface area contributed by atoms with Gasteiger partial charge in [0.15, 0.2) is 0 Å². The van der Waals surface area contributed by atoms with Crippen LogP contribution in [-0.2, 0) is 16.1 Å². The van der Waals surface area contributed by atoms with Crippen LogP contribution in [-0.4, -0.2) is 11.8 Å². The van der Waals surface area contributed by atoms with Gasteiger partial charge in [0, 0.05) is 18.5 Å². The summed E-state index contributed by atoms with van der Waals surface area (Å²) in [7, 11) is 0. The molecule has 5 heteroatoms. The minimum atomic E-state index is -0.0867. The molecule has 0 fully saturated rings. The maximum Gasteiger partial charge on any atom is 0.224 e. The highest BCUT2D eigenvalue weighted by molar-refractivity contribution is 5.91. The number of amides is 2. The number of para-hydroxylation sites is 1. The number of rotatable bonds is 7. The van der Waals surface area contributed by atoms with Gasteiger partial charge in [0.2, 0.25) is 11.8 Å². The predicted octanol–water partition coefficient (Wildman–Crippen LogP) is 2.95. The monoisotopic (exact) mass is 300 g/mol. The van der Waals surface area contributed by atoms with Gasteiger partial charge in [-0.15, -0.1) is 0 Å². The predicted molar refractivity (Wildman–Crippen MR) is 84.0 cm³/mol. The Labute approximate surface area is 129 Å². The zero-order valence-corrected chi connectivity index (χ0v) is 12.5. The van der Waals surface area contributed by atoms with Crippen molar-refractivity contribution in [3.63, 3.8) is 0 Å². The Bertz CT molecular complexity index is 594. The molecular weight excluding hydrogens is 280 g/mol. The fraction of sp³-hybridized carbons (Fsp3) is 0.294. The largest absolute Gasteiger partial charge is 0.467 e. The lowest BCUT2D eigenvalue weighted by Crippen LogP contribution is -2.25. The van der Waals surface area contributed by atoms with Crippen molar-refractivity contribution >= 4 is 17.5 Å². The lowest BCUT2D eigenvalue weighted by molar-refractivity contribution is -0.122. The van der Waals surface area contributed by atoms with Crippen molar-refractivity contribution < 1.29 is 14.0 Å². The van der Waals surface area contributed by atoms with E-state index in [2.05, 4.69) is 10.6 Å². The summed E-state index contributed by atoms with van der Waals surface area (Å²) in [5.74, 6) is 0.511. The van der Waals surface area contributed by atoms with Crippen LogP contribution in [0, 0.1) is 5.92 Å². The molecule has 1 aromatic heterocycles. The molecule has 2 amide bonds. The quantitative estimate of drug-likeness (QED) is 0.826. The number of benzene rings is 1. The normalized spacial score (nSPS) is 11.7. The first-order valence-electron chi connectivity index (χ1n) is 7.27. The van der Waals surface area contributed by atoms with E-state index in [1.54, 1.807) is 18.4 Å². The van der Waals surface area contributed by atoms with Crippen LogP contribution in [0.3, 0.4) is 0 Å². The second-order valence-electron chi connectivity index (χ2n) is 5.28. The number of hydrogen-bond acceptors (Lipinski definition) is 3. The van der Waals surface area contributed by atoms with Gasteiger partial charge in [-0.3, -0.25) is 9.59 Å². The fourth-order valence-electron chi connectivity index (χ4n) is 2.11. The third-order valence-corrected chi connectivity index (χ3v) is 3.17. The molecule has 1 heterocycles. The van der Waals surface area contributed by atoms with Crippen molar-refractivity contribution in [1.29, 1.82) is 0 Å². The molecule has 116 valence electrons. The van der Waals surface area contributed by atoms with Crippen LogP contribution < -0.4 is 10.6 Å². The molecule has 1 atom stereocenters. The van der Waals surface area contributed by atoms with Gasteiger partial charge in [-0.2, -0.15) is 0 Å². The smallest absolute Gasteiger partial charge is 0.224 e. The lowest BCUT2D eigenvalue weighted by atomic mass is 10.0. The first kappa shape index (κ1) is 15.8. The molecule has 0 saturated heterocycles. The van der Waals surface area contributed by atoms with Crippen molar-refractivity contribution in [3.8, 4) is 0 Å². The van der Waals surface area contributed by atoms with Crippen molar-refractivity contribution in [2.45, 2.75) is 26.3 Å². The summed E-state index contributed by atoms with van der Waals surface area (Å²) < 4.78 is 5.14. The van der Waals surface area contributed by atoms with Crippen LogP contribution in [0.15, 0.2) is 53.1 Å². The highest BCUT2D eigenvalue weighted by atomic mass is 16.3. The van der Waals surface area contributed by atoms with Crippen LogP contribution in [0.5, 0.6) is 0 Å². The molecule has 5 nitrogen and oxygen atoms in total. The van der Waals surface area contributed by atoms with Gasteiger partial charge in [-0.1, -0.05) is 25.1 Å².